The maximum absolute atomic E-state index is 4.88. The molecule has 0 fully saturated rings. The predicted octanol–water partition coefficient (Wildman–Crippen LogP) is 2.09. The van der Waals surface area contributed by atoms with Gasteiger partial charge in [-0.15, -0.1) is 0 Å². The zero-order valence-corrected chi connectivity index (χ0v) is 8.56. The molecule has 0 unspecified atom stereocenters. The summed E-state index contributed by atoms with van der Waals surface area (Å²) < 4.78 is 0.467. The summed E-state index contributed by atoms with van der Waals surface area (Å²) in [6, 6.07) is 3.90. The van der Waals surface area contributed by atoms with E-state index in [-0.39, 0.29) is 0 Å². The van der Waals surface area contributed by atoms with Crippen molar-refractivity contribution in [3.8, 4) is 11.4 Å². The average Bonchev–Trinajstić information content (AvgIpc) is 2.65. The van der Waals surface area contributed by atoms with E-state index >= 15 is 0 Å². The Bertz CT molecular complexity index is 485. The first-order valence-electron chi connectivity index (χ1n) is 4.39. The van der Waals surface area contributed by atoms with Gasteiger partial charge in [0.15, 0.2) is 5.82 Å². The van der Waals surface area contributed by atoms with Crippen LogP contribution in [0.1, 0.15) is 12.6 Å². The second kappa shape index (κ2) is 3.71. The molecular formula is C9H10N4S. The molecular weight excluding hydrogens is 196 g/mol. The van der Waals surface area contributed by atoms with Crippen LogP contribution in [0.5, 0.6) is 0 Å². The molecule has 5 heteroatoms. The second-order valence-corrected chi connectivity index (χ2v) is 3.29. The number of pyridine rings is 1. The summed E-state index contributed by atoms with van der Waals surface area (Å²) in [6.45, 7) is 2.07. The minimum atomic E-state index is 0.467. The number of aryl methyl sites for hydroxylation is 1. The summed E-state index contributed by atoms with van der Waals surface area (Å²) >= 11 is 4.88. The van der Waals surface area contributed by atoms with Crippen LogP contribution in [-0.2, 0) is 6.42 Å². The number of aromatic nitrogens is 4. The Balaban J connectivity index is 2.46. The van der Waals surface area contributed by atoms with E-state index in [1.54, 1.807) is 6.20 Å². The molecule has 0 atom stereocenters. The fourth-order valence-electron chi connectivity index (χ4n) is 1.23. The van der Waals surface area contributed by atoms with E-state index in [1.165, 1.54) is 0 Å². The van der Waals surface area contributed by atoms with Crippen molar-refractivity contribution in [1.82, 2.24) is 20.2 Å². The molecule has 0 aliphatic heterocycles. The molecule has 2 N–H and O–H groups in total. The fraction of sp³-hybridized carbons (Fsp3) is 0.222. The molecule has 0 radical (unpaired) electrons. The van der Waals surface area contributed by atoms with Gasteiger partial charge in [0.1, 0.15) is 0 Å². The van der Waals surface area contributed by atoms with E-state index in [2.05, 4.69) is 27.1 Å². The number of hydrogen-bond acceptors (Lipinski definition) is 3. The smallest absolute Gasteiger partial charge is 0.213 e. The third-order valence-corrected chi connectivity index (χ3v) is 2.15. The van der Waals surface area contributed by atoms with Crippen LogP contribution in [0.4, 0.5) is 0 Å². The number of rotatable bonds is 2. The maximum atomic E-state index is 4.88. The summed E-state index contributed by atoms with van der Waals surface area (Å²) in [5.74, 6) is 0.757. The van der Waals surface area contributed by atoms with E-state index in [0.717, 1.165) is 23.5 Å². The minimum absolute atomic E-state index is 0.467. The van der Waals surface area contributed by atoms with Gasteiger partial charge < -0.3 is 0 Å². The first kappa shape index (κ1) is 9.08. The van der Waals surface area contributed by atoms with Gasteiger partial charge >= 0.3 is 0 Å². The molecule has 0 aromatic carbocycles. The van der Waals surface area contributed by atoms with Crippen molar-refractivity contribution < 1.29 is 0 Å². The molecule has 14 heavy (non-hydrogen) atoms. The highest BCUT2D eigenvalue weighted by atomic mass is 32.1. The quantitative estimate of drug-likeness (QED) is 0.740. The molecule has 0 aliphatic rings. The topological polar surface area (TPSA) is 57.4 Å². The SMILES string of the molecule is CCc1cc(-c2nc(=S)[nH][nH]2)ccn1. The second-order valence-electron chi connectivity index (χ2n) is 2.90. The number of nitrogens with zero attached hydrogens (tertiary/aromatic N) is 2. The maximum Gasteiger partial charge on any atom is 0.213 e. The third-order valence-electron chi connectivity index (χ3n) is 1.95. The summed E-state index contributed by atoms with van der Waals surface area (Å²) in [5, 5.41) is 5.67. The number of nitrogens with one attached hydrogen (secondary N) is 2. The molecule has 0 saturated carbocycles. The Morgan fingerprint density at radius 3 is 2.93 bits per heavy atom. The summed E-state index contributed by atoms with van der Waals surface area (Å²) in [4.78, 5) is 8.34. The van der Waals surface area contributed by atoms with Gasteiger partial charge in [0.2, 0.25) is 4.77 Å². The van der Waals surface area contributed by atoms with E-state index in [1.807, 2.05) is 12.1 Å². The molecule has 0 saturated heterocycles. The lowest BCUT2D eigenvalue weighted by molar-refractivity contribution is 1.03. The number of hydrogen-bond donors (Lipinski definition) is 2. The van der Waals surface area contributed by atoms with Gasteiger partial charge in [-0.3, -0.25) is 15.2 Å². The van der Waals surface area contributed by atoms with Crippen molar-refractivity contribution >= 4 is 12.2 Å². The Labute approximate surface area is 86.4 Å². The average molecular weight is 206 g/mol. The van der Waals surface area contributed by atoms with Gasteiger partial charge in [0.05, 0.1) is 0 Å². The van der Waals surface area contributed by atoms with E-state index < -0.39 is 0 Å². The zero-order valence-electron chi connectivity index (χ0n) is 7.74. The van der Waals surface area contributed by atoms with E-state index in [9.17, 15) is 0 Å². The molecule has 0 amide bonds. The van der Waals surface area contributed by atoms with E-state index in [4.69, 9.17) is 12.2 Å². The zero-order chi connectivity index (χ0) is 9.97. The Morgan fingerprint density at radius 2 is 2.29 bits per heavy atom. The molecule has 0 bridgehead atoms. The van der Waals surface area contributed by atoms with Crippen LogP contribution >= 0.6 is 12.2 Å². The Morgan fingerprint density at radius 1 is 1.43 bits per heavy atom. The van der Waals surface area contributed by atoms with Gasteiger partial charge in [-0.05, 0) is 30.8 Å². The van der Waals surface area contributed by atoms with Gasteiger partial charge in [0, 0.05) is 17.5 Å². The number of H-pyrrole nitrogens is 2. The van der Waals surface area contributed by atoms with Crippen LogP contribution in [0.15, 0.2) is 18.3 Å². The van der Waals surface area contributed by atoms with Gasteiger partial charge in [-0.25, -0.2) is 0 Å². The summed E-state index contributed by atoms with van der Waals surface area (Å²) in [5.41, 5.74) is 2.05. The first-order chi connectivity index (χ1) is 6.79. The highest BCUT2D eigenvalue weighted by Crippen LogP contribution is 2.13. The summed E-state index contributed by atoms with van der Waals surface area (Å²) in [7, 11) is 0. The van der Waals surface area contributed by atoms with Crippen molar-refractivity contribution in [2.75, 3.05) is 0 Å². The highest BCUT2D eigenvalue weighted by molar-refractivity contribution is 7.71. The third kappa shape index (κ3) is 1.72. The van der Waals surface area contributed by atoms with Crippen molar-refractivity contribution in [3.63, 3.8) is 0 Å². The monoisotopic (exact) mass is 206 g/mol. The molecule has 2 rings (SSSR count). The molecule has 0 spiro atoms. The van der Waals surface area contributed by atoms with Gasteiger partial charge in [0.25, 0.3) is 0 Å². The molecule has 4 nitrogen and oxygen atoms in total. The van der Waals surface area contributed by atoms with Gasteiger partial charge in [-0.2, -0.15) is 4.98 Å². The largest absolute Gasteiger partial charge is 0.282 e. The lowest BCUT2D eigenvalue weighted by atomic mass is 10.2. The lowest BCUT2D eigenvalue weighted by Crippen LogP contribution is -1.88. The van der Waals surface area contributed by atoms with E-state index in [0.29, 0.717) is 4.77 Å². The molecule has 0 aliphatic carbocycles. The Hall–Kier alpha value is -1.49. The number of aromatic amines is 2. The Kier molecular flexibility index (Phi) is 2.41. The molecule has 2 aromatic rings. The minimum Gasteiger partial charge on any atom is -0.282 e. The first-order valence-corrected chi connectivity index (χ1v) is 4.80. The van der Waals surface area contributed by atoms with Crippen LogP contribution in [-0.4, -0.2) is 20.2 Å². The molecule has 2 aromatic heterocycles. The van der Waals surface area contributed by atoms with Crippen molar-refractivity contribution in [1.29, 1.82) is 0 Å². The predicted molar refractivity (Wildman–Crippen MR) is 56.4 cm³/mol. The molecule has 2 heterocycles. The standard InChI is InChI=1S/C9H10N4S/c1-2-7-5-6(3-4-10-7)8-11-9(14)13-12-8/h3-5H,2H2,1H3,(H2,11,12,13,14). The van der Waals surface area contributed by atoms with Crippen LogP contribution in [0, 0.1) is 4.77 Å². The lowest BCUT2D eigenvalue weighted by Gasteiger charge is -1.98. The van der Waals surface area contributed by atoms with Crippen LogP contribution in [0.25, 0.3) is 11.4 Å². The van der Waals surface area contributed by atoms with Crippen molar-refractivity contribution in [3.05, 3.63) is 28.8 Å². The normalized spacial score (nSPS) is 10.4. The van der Waals surface area contributed by atoms with Crippen LogP contribution < -0.4 is 0 Å². The highest BCUT2D eigenvalue weighted by Gasteiger charge is 2.01. The van der Waals surface area contributed by atoms with Crippen LogP contribution in [0.2, 0.25) is 0 Å². The molecule has 72 valence electrons. The van der Waals surface area contributed by atoms with Crippen LogP contribution in [0.3, 0.4) is 0 Å². The fourth-order valence-corrected chi connectivity index (χ4v) is 1.37. The van der Waals surface area contributed by atoms with Crippen molar-refractivity contribution in [2.45, 2.75) is 13.3 Å². The summed E-state index contributed by atoms with van der Waals surface area (Å²) in [6.07, 6.45) is 2.69. The van der Waals surface area contributed by atoms with Crippen molar-refractivity contribution in [2.24, 2.45) is 0 Å². The van der Waals surface area contributed by atoms with Gasteiger partial charge in [-0.1, -0.05) is 6.92 Å².